The average Bonchev–Trinajstić information content (AvgIpc) is 2.72. The van der Waals surface area contributed by atoms with Gasteiger partial charge in [-0.15, -0.1) is 0 Å². The number of benzene rings is 2. The Hall–Kier alpha value is -4.07. The molecule has 0 fully saturated rings. The minimum atomic E-state index is -1.79. The summed E-state index contributed by atoms with van der Waals surface area (Å²) in [4.78, 5) is 35.1. The fraction of sp³-hybridized carbons (Fsp3) is 0.0870. The second kappa shape index (κ2) is 9.17. The van der Waals surface area contributed by atoms with Crippen molar-refractivity contribution in [2.75, 3.05) is 0 Å². The number of carbonyl (C=O) groups is 2. The number of nitrogens with zero attached hydrogens (tertiary/aromatic N) is 1. The number of halogens is 2. The maximum atomic E-state index is 14.1. The standard InChI is InChI=1S/C23H17F2NO5/c24-17-7-6-16(19(25)10-17)8-15-9-18(20(27)11-21(28)23(30)31)22(29)26(13-15)12-14-4-2-1-3-5-14/h1-7,9-11,13,27H,8,12H2,(H,30,31). The first-order valence-corrected chi connectivity index (χ1v) is 9.14. The van der Waals surface area contributed by atoms with Gasteiger partial charge in [-0.3, -0.25) is 9.59 Å². The molecule has 1 aromatic heterocycles. The number of hydrogen-bond donors (Lipinski definition) is 2. The number of hydrogen-bond acceptors (Lipinski definition) is 4. The molecule has 2 aromatic carbocycles. The first-order chi connectivity index (χ1) is 14.7. The van der Waals surface area contributed by atoms with Crippen molar-refractivity contribution in [1.29, 1.82) is 0 Å². The van der Waals surface area contributed by atoms with Crippen molar-refractivity contribution >= 4 is 17.5 Å². The van der Waals surface area contributed by atoms with Crippen LogP contribution in [0.4, 0.5) is 8.78 Å². The maximum absolute atomic E-state index is 14.1. The van der Waals surface area contributed by atoms with Gasteiger partial charge < -0.3 is 14.8 Å². The maximum Gasteiger partial charge on any atom is 0.376 e. The lowest BCUT2D eigenvalue weighted by Crippen LogP contribution is -2.25. The minimum Gasteiger partial charge on any atom is -0.507 e. The van der Waals surface area contributed by atoms with E-state index in [1.54, 1.807) is 30.3 Å². The van der Waals surface area contributed by atoms with Gasteiger partial charge in [0.2, 0.25) is 0 Å². The molecular formula is C23H17F2NO5. The zero-order valence-corrected chi connectivity index (χ0v) is 16.1. The van der Waals surface area contributed by atoms with Gasteiger partial charge in [-0.25, -0.2) is 13.6 Å². The number of carboxylic acids is 1. The smallest absolute Gasteiger partial charge is 0.376 e. The Morgan fingerprint density at radius 2 is 1.68 bits per heavy atom. The molecule has 0 saturated heterocycles. The number of carbonyl (C=O) groups excluding carboxylic acids is 1. The highest BCUT2D eigenvalue weighted by molar-refractivity contribution is 6.38. The molecule has 8 heteroatoms. The largest absolute Gasteiger partial charge is 0.507 e. The van der Waals surface area contributed by atoms with E-state index in [0.29, 0.717) is 11.6 Å². The van der Waals surface area contributed by atoms with Crippen molar-refractivity contribution in [3.05, 3.63) is 111 Å². The van der Waals surface area contributed by atoms with Crippen molar-refractivity contribution in [3.8, 4) is 0 Å². The summed E-state index contributed by atoms with van der Waals surface area (Å²) in [6.45, 7) is 0.118. The van der Waals surface area contributed by atoms with E-state index in [4.69, 9.17) is 5.11 Å². The third-order valence-corrected chi connectivity index (χ3v) is 4.50. The molecule has 31 heavy (non-hydrogen) atoms. The number of ketones is 1. The predicted molar refractivity (Wildman–Crippen MR) is 109 cm³/mol. The third-order valence-electron chi connectivity index (χ3n) is 4.50. The van der Waals surface area contributed by atoms with Crippen molar-refractivity contribution in [2.24, 2.45) is 0 Å². The fourth-order valence-electron chi connectivity index (χ4n) is 3.02. The normalized spacial score (nSPS) is 11.4. The second-order valence-electron chi connectivity index (χ2n) is 6.79. The Morgan fingerprint density at radius 3 is 2.32 bits per heavy atom. The molecule has 0 spiro atoms. The molecule has 0 radical (unpaired) electrons. The summed E-state index contributed by atoms with van der Waals surface area (Å²) in [5.74, 6) is -5.52. The van der Waals surface area contributed by atoms with E-state index in [9.17, 15) is 28.3 Å². The Morgan fingerprint density at radius 1 is 0.968 bits per heavy atom. The highest BCUT2D eigenvalue weighted by Gasteiger charge is 2.16. The van der Waals surface area contributed by atoms with Gasteiger partial charge in [0.25, 0.3) is 11.3 Å². The molecule has 0 atom stereocenters. The lowest BCUT2D eigenvalue weighted by Gasteiger charge is -2.12. The van der Waals surface area contributed by atoms with Crippen LogP contribution in [0.2, 0.25) is 0 Å². The van der Waals surface area contributed by atoms with Crippen molar-refractivity contribution in [1.82, 2.24) is 4.57 Å². The van der Waals surface area contributed by atoms with Gasteiger partial charge in [-0.1, -0.05) is 36.4 Å². The molecule has 0 aliphatic rings. The van der Waals surface area contributed by atoms with Crippen LogP contribution in [0.1, 0.15) is 22.3 Å². The third kappa shape index (κ3) is 5.30. The van der Waals surface area contributed by atoms with Gasteiger partial charge in [-0.2, -0.15) is 0 Å². The summed E-state index contributed by atoms with van der Waals surface area (Å²) in [6.07, 6.45) is 1.87. The van der Waals surface area contributed by atoms with Crippen molar-refractivity contribution in [3.63, 3.8) is 0 Å². The van der Waals surface area contributed by atoms with Crippen LogP contribution in [0.15, 0.2) is 71.7 Å². The zero-order chi connectivity index (χ0) is 22.5. The highest BCUT2D eigenvalue weighted by atomic mass is 19.1. The first kappa shape index (κ1) is 21.6. The number of aliphatic carboxylic acids is 1. The van der Waals surface area contributed by atoms with Crippen molar-refractivity contribution < 1.29 is 28.6 Å². The summed E-state index contributed by atoms with van der Waals surface area (Å²) >= 11 is 0. The van der Waals surface area contributed by atoms with Gasteiger partial charge in [0.15, 0.2) is 0 Å². The van der Waals surface area contributed by atoms with Gasteiger partial charge >= 0.3 is 5.97 Å². The van der Waals surface area contributed by atoms with E-state index >= 15 is 0 Å². The van der Waals surface area contributed by atoms with Crippen LogP contribution in [0.5, 0.6) is 0 Å². The molecule has 1 heterocycles. The number of aliphatic hydroxyl groups excluding tert-OH is 1. The van der Waals surface area contributed by atoms with Crippen LogP contribution >= 0.6 is 0 Å². The summed E-state index contributed by atoms with van der Waals surface area (Å²) < 4.78 is 28.6. The van der Waals surface area contributed by atoms with Gasteiger partial charge in [-0.05, 0) is 28.8 Å². The van der Waals surface area contributed by atoms with Gasteiger partial charge in [0.1, 0.15) is 17.4 Å². The van der Waals surface area contributed by atoms with E-state index in [-0.39, 0.29) is 24.1 Å². The van der Waals surface area contributed by atoms with Crippen LogP contribution in [-0.4, -0.2) is 26.5 Å². The van der Waals surface area contributed by atoms with E-state index in [0.717, 1.165) is 17.7 Å². The summed E-state index contributed by atoms with van der Waals surface area (Å²) in [7, 11) is 0. The van der Waals surface area contributed by atoms with Gasteiger partial charge in [0.05, 0.1) is 12.1 Å². The molecule has 0 bridgehead atoms. The van der Waals surface area contributed by atoms with Crippen LogP contribution in [0, 0.1) is 11.6 Å². The number of pyridine rings is 1. The van der Waals surface area contributed by atoms with Crippen LogP contribution in [0.25, 0.3) is 5.76 Å². The molecule has 0 aliphatic carbocycles. The molecule has 0 amide bonds. The van der Waals surface area contributed by atoms with Crippen LogP contribution in [0.3, 0.4) is 0 Å². The second-order valence-corrected chi connectivity index (χ2v) is 6.79. The number of carboxylic acid groups (broad SMARTS) is 1. The summed E-state index contributed by atoms with van der Waals surface area (Å²) in [5, 5.41) is 19.0. The molecule has 3 aromatic rings. The van der Waals surface area contributed by atoms with Gasteiger partial charge in [0, 0.05) is 24.8 Å². The molecule has 3 rings (SSSR count). The average molecular weight is 425 g/mol. The molecular weight excluding hydrogens is 408 g/mol. The molecule has 0 aliphatic heterocycles. The minimum absolute atomic E-state index is 0.0334. The lowest BCUT2D eigenvalue weighted by molar-refractivity contribution is -0.146. The molecule has 0 unspecified atom stereocenters. The van der Waals surface area contributed by atoms with E-state index in [2.05, 4.69) is 0 Å². The zero-order valence-electron chi connectivity index (χ0n) is 16.1. The molecule has 2 N–H and O–H groups in total. The Balaban J connectivity index is 2.09. The fourth-order valence-corrected chi connectivity index (χ4v) is 3.02. The Labute approximate surface area is 175 Å². The SMILES string of the molecule is O=C(O)C(=O)C=C(O)c1cc(Cc2ccc(F)cc2F)cn(Cc2ccccc2)c1=O. The molecule has 0 saturated carbocycles. The van der Waals surface area contributed by atoms with Crippen molar-refractivity contribution in [2.45, 2.75) is 13.0 Å². The van der Waals surface area contributed by atoms with Crippen LogP contribution in [-0.2, 0) is 22.6 Å². The number of rotatable bonds is 7. The summed E-state index contributed by atoms with van der Waals surface area (Å²) in [5.41, 5.74) is 0.330. The molecule has 6 nitrogen and oxygen atoms in total. The molecule has 158 valence electrons. The topological polar surface area (TPSA) is 96.6 Å². The van der Waals surface area contributed by atoms with E-state index in [1.165, 1.54) is 22.9 Å². The summed E-state index contributed by atoms with van der Waals surface area (Å²) in [6, 6.07) is 13.3. The van der Waals surface area contributed by atoms with Crippen LogP contribution < -0.4 is 5.56 Å². The predicted octanol–water partition coefficient (Wildman–Crippen LogP) is 3.32. The number of aliphatic hydroxyl groups is 1. The Bertz CT molecular complexity index is 1230. The first-order valence-electron chi connectivity index (χ1n) is 9.14. The lowest BCUT2D eigenvalue weighted by atomic mass is 10.0. The quantitative estimate of drug-likeness (QED) is 0.344. The Kier molecular flexibility index (Phi) is 6.40. The van der Waals surface area contributed by atoms with E-state index < -0.39 is 34.7 Å². The van der Waals surface area contributed by atoms with E-state index in [1.807, 2.05) is 0 Å². The monoisotopic (exact) mass is 425 g/mol. The number of aromatic nitrogens is 1. The highest BCUT2D eigenvalue weighted by Crippen LogP contribution is 2.17.